The lowest BCUT2D eigenvalue weighted by Gasteiger charge is -2.39. The Balaban J connectivity index is 2.40. The van der Waals surface area contributed by atoms with Crippen molar-refractivity contribution in [2.45, 2.75) is 30.5 Å². The first-order valence-corrected chi connectivity index (χ1v) is 11.1. The predicted molar refractivity (Wildman–Crippen MR) is 107 cm³/mol. The molecule has 6 N–H and O–H groups in total. The van der Waals surface area contributed by atoms with Crippen molar-refractivity contribution in [2.75, 3.05) is 24.7 Å². The van der Waals surface area contributed by atoms with Gasteiger partial charge in [0.25, 0.3) is 5.91 Å². The van der Waals surface area contributed by atoms with E-state index in [9.17, 15) is 42.4 Å². The van der Waals surface area contributed by atoms with Gasteiger partial charge in [0.15, 0.2) is 11.4 Å². The molecule has 0 aliphatic heterocycles. The molecule has 1 amide bonds. The molecule has 0 aliphatic carbocycles. The number of methoxy groups -OCH3 is 1. The number of oxazole rings is 1. The van der Waals surface area contributed by atoms with E-state index in [0.717, 1.165) is 6.26 Å². The normalized spacial score (nSPS) is 16.5. The van der Waals surface area contributed by atoms with Crippen LogP contribution in [-0.4, -0.2) is 77.6 Å². The van der Waals surface area contributed by atoms with Crippen molar-refractivity contribution in [2.24, 2.45) is 0 Å². The molecule has 1 aromatic heterocycles. The van der Waals surface area contributed by atoms with Crippen LogP contribution in [-0.2, 0) is 14.8 Å². The van der Waals surface area contributed by atoms with E-state index < -0.39 is 68.9 Å². The molecular formula is C18H23F2N3O9S. The minimum Gasteiger partial charge on any atom is -0.431 e. The molecule has 12 nitrogen and oxygen atoms in total. The fourth-order valence-electron chi connectivity index (χ4n) is 2.81. The Bertz CT molecular complexity index is 1060. The van der Waals surface area contributed by atoms with Gasteiger partial charge in [0, 0.05) is 19.8 Å². The molecule has 0 spiro atoms. The molecule has 33 heavy (non-hydrogen) atoms. The number of anilines is 1. The number of benzene rings is 1. The smallest absolute Gasteiger partial charge is 0.309 e. The fourth-order valence-corrected chi connectivity index (χ4v) is 3.22. The molecule has 1 aromatic carbocycles. The Morgan fingerprint density at radius 2 is 1.85 bits per heavy atom. The van der Waals surface area contributed by atoms with Crippen LogP contribution >= 0.6 is 0 Å². The highest BCUT2D eigenvalue weighted by atomic mass is 32.2. The summed E-state index contributed by atoms with van der Waals surface area (Å²) in [7, 11) is -2.50. The van der Waals surface area contributed by atoms with Gasteiger partial charge in [-0.15, -0.1) is 0 Å². The average Bonchev–Trinajstić information content (AvgIpc) is 3.16. The van der Waals surface area contributed by atoms with Gasteiger partial charge in [-0.05, 0) is 24.1 Å². The third-order valence-electron chi connectivity index (χ3n) is 4.37. The summed E-state index contributed by atoms with van der Waals surface area (Å²) < 4.78 is 61.2. The summed E-state index contributed by atoms with van der Waals surface area (Å²) in [5.41, 5.74) is -4.28. The summed E-state index contributed by atoms with van der Waals surface area (Å²) in [6.45, 7) is -0.0866. The van der Waals surface area contributed by atoms with Crippen LogP contribution in [0.25, 0.3) is 0 Å². The van der Waals surface area contributed by atoms with Crippen LogP contribution in [0.1, 0.15) is 28.6 Å². The minimum absolute atomic E-state index is 0.0866. The number of carbonyl (C=O) groups excluding carboxylic acids is 1. The van der Waals surface area contributed by atoms with E-state index >= 15 is 0 Å². The van der Waals surface area contributed by atoms with E-state index in [-0.39, 0.29) is 13.0 Å². The number of nitrogens with one attached hydrogen (secondary N) is 2. The molecular weight excluding hydrogens is 472 g/mol. The van der Waals surface area contributed by atoms with Gasteiger partial charge in [-0.2, -0.15) is 4.98 Å². The number of aliphatic hydroxyl groups excluding tert-OH is 3. The van der Waals surface area contributed by atoms with Crippen molar-refractivity contribution in [3.8, 4) is 0 Å². The summed E-state index contributed by atoms with van der Waals surface area (Å²) in [6, 6.07) is 1.18. The summed E-state index contributed by atoms with van der Waals surface area (Å²) in [6.07, 6.45) is -5.18. The zero-order chi connectivity index (χ0) is 25.0. The van der Waals surface area contributed by atoms with Crippen LogP contribution < -0.4 is 10.0 Å². The number of carbonyl (C=O) groups is 1. The number of halogens is 2. The quantitative estimate of drug-likeness (QED) is 0.216. The van der Waals surface area contributed by atoms with Crippen molar-refractivity contribution in [3.63, 3.8) is 0 Å². The number of nitrogens with zero attached hydrogens (tertiary/aromatic N) is 1. The zero-order valence-corrected chi connectivity index (χ0v) is 18.2. The third-order valence-corrected chi connectivity index (χ3v) is 4.92. The Morgan fingerprint density at radius 3 is 2.39 bits per heavy atom. The summed E-state index contributed by atoms with van der Waals surface area (Å²) in [4.78, 5) is 16.2. The van der Waals surface area contributed by atoms with Gasteiger partial charge >= 0.3 is 6.01 Å². The zero-order valence-electron chi connectivity index (χ0n) is 17.4. The lowest BCUT2D eigenvalue weighted by Crippen LogP contribution is -2.64. The van der Waals surface area contributed by atoms with Crippen LogP contribution in [0.15, 0.2) is 28.9 Å². The monoisotopic (exact) mass is 495 g/mol. The van der Waals surface area contributed by atoms with E-state index in [1.54, 1.807) is 0 Å². The molecule has 15 heteroatoms. The number of amides is 1. The largest absolute Gasteiger partial charge is 0.431 e. The fraction of sp³-hybridized carbons (Fsp3) is 0.444. The van der Waals surface area contributed by atoms with Crippen LogP contribution in [0.2, 0.25) is 0 Å². The molecule has 0 saturated carbocycles. The average molecular weight is 495 g/mol. The maximum atomic E-state index is 13.6. The van der Waals surface area contributed by atoms with Crippen molar-refractivity contribution in [1.29, 1.82) is 0 Å². The molecule has 0 saturated heterocycles. The van der Waals surface area contributed by atoms with E-state index in [2.05, 4.69) is 4.98 Å². The van der Waals surface area contributed by atoms with E-state index in [1.807, 2.05) is 10.0 Å². The number of hydrogen-bond donors (Lipinski definition) is 6. The van der Waals surface area contributed by atoms with Gasteiger partial charge in [-0.3, -0.25) is 4.79 Å². The minimum atomic E-state index is -3.80. The standard InChI is InChI=1S/C18H23F2N3O9S/c1-31-4-3-13(24)15(26)18(28,14(25)9-5-10(19)7-11(20)6-9)22-16(27)12-8-32-17(21-12)23-33(2,29)30/h5-8,13-15,24-26,28H,3-4H2,1-2H3,(H,21,23)(H,22,27). The van der Waals surface area contributed by atoms with Gasteiger partial charge in [0.05, 0.1) is 12.4 Å². The summed E-state index contributed by atoms with van der Waals surface area (Å²) >= 11 is 0. The third kappa shape index (κ3) is 6.89. The van der Waals surface area contributed by atoms with E-state index in [1.165, 1.54) is 7.11 Å². The van der Waals surface area contributed by atoms with Crippen LogP contribution in [0.3, 0.4) is 0 Å². The van der Waals surface area contributed by atoms with Crippen molar-refractivity contribution >= 4 is 21.9 Å². The SMILES string of the molecule is COCCC(O)C(O)C(O)(NC(=O)c1coc(NS(C)(=O)=O)n1)C(O)c1cc(F)cc(F)c1. The number of aromatic nitrogens is 1. The van der Waals surface area contributed by atoms with Gasteiger partial charge in [0.1, 0.15) is 30.1 Å². The Kier molecular flexibility index (Phi) is 8.45. The van der Waals surface area contributed by atoms with Crippen LogP contribution in [0, 0.1) is 11.6 Å². The highest BCUT2D eigenvalue weighted by Gasteiger charge is 2.48. The topological polar surface area (TPSA) is 191 Å². The van der Waals surface area contributed by atoms with Crippen molar-refractivity contribution in [1.82, 2.24) is 10.3 Å². The molecule has 4 unspecified atom stereocenters. The van der Waals surface area contributed by atoms with Gasteiger partial charge in [-0.1, -0.05) is 0 Å². The second kappa shape index (κ2) is 10.5. The second-order valence-electron chi connectivity index (χ2n) is 7.09. The van der Waals surface area contributed by atoms with Gasteiger partial charge in [-0.25, -0.2) is 21.9 Å². The summed E-state index contributed by atoms with van der Waals surface area (Å²) in [5, 5.41) is 44.3. The van der Waals surface area contributed by atoms with Crippen molar-refractivity contribution in [3.05, 3.63) is 47.4 Å². The lowest BCUT2D eigenvalue weighted by molar-refractivity contribution is -0.192. The van der Waals surface area contributed by atoms with Crippen LogP contribution in [0.4, 0.5) is 14.8 Å². The number of hydrogen-bond acceptors (Lipinski definition) is 10. The molecule has 0 radical (unpaired) electrons. The maximum absolute atomic E-state index is 13.6. The molecule has 1 heterocycles. The second-order valence-corrected chi connectivity index (χ2v) is 8.84. The molecule has 4 atom stereocenters. The molecule has 2 aromatic rings. The molecule has 0 aliphatic rings. The highest BCUT2D eigenvalue weighted by molar-refractivity contribution is 7.91. The van der Waals surface area contributed by atoms with Gasteiger partial charge in [0.2, 0.25) is 10.0 Å². The van der Waals surface area contributed by atoms with E-state index in [0.29, 0.717) is 24.5 Å². The first kappa shape index (κ1) is 26.6. The number of aliphatic hydroxyl groups is 4. The Labute approximate surface area is 186 Å². The maximum Gasteiger partial charge on any atom is 0.309 e. The predicted octanol–water partition coefficient (Wildman–Crippen LogP) is -0.765. The summed E-state index contributed by atoms with van der Waals surface area (Å²) in [5.74, 6) is -3.54. The molecule has 0 bridgehead atoms. The van der Waals surface area contributed by atoms with Gasteiger partial charge < -0.3 is 34.9 Å². The van der Waals surface area contributed by atoms with Crippen LogP contribution in [0.5, 0.6) is 0 Å². The van der Waals surface area contributed by atoms with E-state index in [4.69, 9.17) is 9.15 Å². The highest BCUT2D eigenvalue weighted by Crippen LogP contribution is 2.31. The number of ether oxygens (including phenoxy) is 1. The number of rotatable bonds is 11. The van der Waals surface area contributed by atoms with Crippen molar-refractivity contribution < 1.29 is 51.6 Å². The Morgan fingerprint density at radius 1 is 1.24 bits per heavy atom. The molecule has 184 valence electrons. The first-order chi connectivity index (χ1) is 15.3. The first-order valence-electron chi connectivity index (χ1n) is 9.24. The molecule has 2 rings (SSSR count). The number of sulfonamides is 1. The molecule has 0 fully saturated rings. The Hall–Kier alpha value is -2.69. The lowest BCUT2D eigenvalue weighted by atomic mass is 9.89.